The molecule has 0 aliphatic rings. The number of hydrogen-bond donors (Lipinski definition) is 0. The van der Waals surface area contributed by atoms with Gasteiger partial charge in [0, 0.05) is 17.6 Å². The molecule has 0 radical (unpaired) electrons. The Labute approximate surface area is 134 Å². The molecule has 0 unspecified atom stereocenters. The second-order valence-electron chi connectivity index (χ2n) is 4.49. The number of ketones is 1. The molecule has 0 bridgehead atoms. The summed E-state index contributed by atoms with van der Waals surface area (Å²) in [5.74, 6) is -0.142. The van der Waals surface area contributed by atoms with Crippen molar-refractivity contribution < 1.29 is 4.79 Å². The highest BCUT2D eigenvalue weighted by molar-refractivity contribution is 7.20. The predicted octanol–water partition coefficient (Wildman–Crippen LogP) is 4.25. The zero-order chi connectivity index (χ0) is 15.0. The topological polar surface area (TPSA) is 39.1 Å². The van der Waals surface area contributed by atoms with Crippen LogP contribution >= 0.6 is 34.5 Å². The summed E-state index contributed by atoms with van der Waals surface area (Å²) in [4.78, 5) is 24.2. The summed E-state index contributed by atoms with van der Waals surface area (Å²) in [5, 5.41) is 0.585. The molecule has 0 spiro atoms. The van der Waals surface area contributed by atoms with Gasteiger partial charge in [-0.3, -0.25) is 9.59 Å². The van der Waals surface area contributed by atoms with Crippen LogP contribution in [0.1, 0.15) is 10.4 Å². The van der Waals surface area contributed by atoms with Crippen LogP contribution in [0.25, 0.3) is 10.9 Å². The molecule has 0 saturated heterocycles. The number of Topliss-reactive ketones (excluding diaryl/α,β-unsaturated/α-hetero) is 1. The lowest BCUT2D eigenvalue weighted by Gasteiger charge is -2.09. The van der Waals surface area contributed by atoms with Gasteiger partial charge < -0.3 is 4.57 Å². The van der Waals surface area contributed by atoms with Crippen molar-refractivity contribution in [2.75, 3.05) is 0 Å². The van der Waals surface area contributed by atoms with Gasteiger partial charge in [0.15, 0.2) is 11.2 Å². The van der Waals surface area contributed by atoms with Gasteiger partial charge in [-0.1, -0.05) is 35.3 Å². The zero-order valence-electron chi connectivity index (χ0n) is 10.7. The van der Waals surface area contributed by atoms with Gasteiger partial charge in [0.1, 0.15) is 4.34 Å². The van der Waals surface area contributed by atoms with E-state index in [1.807, 2.05) is 12.1 Å². The minimum absolute atomic E-state index is 0.0640. The largest absolute Gasteiger partial charge is 0.339 e. The molecule has 0 fully saturated rings. The Bertz CT molecular complexity index is 898. The maximum absolute atomic E-state index is 12.3. The number of pyridine rings is 1. The van der Waals surface area contributed by atoms with Crippen molar-refractivity contribution in [2.45, 2.75) is 6.54 Å². The second kappa shape index (κ2) is 5.64. The lowest BCUT2D eigenvalue weighted by atomic mass is 10.2. The zero-order valence-corrected chi connectivity index (χ0v) is 13.0. The van der Waals surface area contributed by atoms with Gasteiger partial charge in [0.2, 0.25) is 0 Å². The van der Waals surface area contributed by atoms with E-state index < -0.39 is 0 Å². The summed E-state index contributed by atoms with van der Waals surface area (Å²) in [6.45, 7) is 0.105. The molecular formula is C15H9Cl2NO2S. The molecular weight excluding hydrogens is 329 g/mol. The van der Waals surface area contributed by atoms with Crippen molar-refractivity contribution in [1.82, 2.24) is 4.57 Å². The molecule has 0 atom stereocenters. The van der Waals surface area contributed by atoms with Crippen molar-refractivity contribution in [3.05, 3.63) is 67.1 Å². The third-order valence-corrected chi connectivity index (χ3v) is 4.64. The first-order valence-electron chi connectivity index (χ1n) is 6.12. The summed E-state index contributed by atoms with van der Waals surface area (Å²) in [6.07, 6.45) is 1.62. The van der Waals surface area contributed by atoms with Crippen LogP contribution in [0.4, 0.5) is 0 Å². The number of para-hydroxylation sites is 1. The predicted molar refractivity (Wildman–Crippen MR) is 86.9 cm³/mol. The summed E-state index contributed by atoms with van der Waals surface area (Å²) in [5.41, 5.74) is 1.07. The van der Waals surface area contributed by atoms with Gasteiger partial charge in [-0.2, -0.15) is 0 Å². The highest BCUT2D eigenvalue weighted by atomic mass is 35.5. The van der Waals surface area contributed by atoms with Gasteiger partial charge >= 0.3 is 0 Å². The van der Waals surface area contributed by atoms with Gasteiger partial charge in [0.25, 0.3) is 0 Å². The van der Waals surface area contributed by atoms with Crippen LogP contribution in [0.5, 0.6) is 0 Å². The van der Waals surface area contributed by atoms with Crippen LogP contribution in [-0.2, 0) is 6.54 Å². The fraction of sp³-hybridized carbons (Fsp3) is 0.0667. The molecule has 0 saturated carbocycles. The Kier molecular flexibility index (Phi) is 3.85. The number of halogens is 2. The molecule has 0 amide bonds. The Morgan fingerprint density at radius 1 is 1.19 bits per heavy atom. The summed E-state index contributed by atoms with van der Waals surface area (Å²) >= 11 is 13.0. The molecule has 106 valence electrons. The molecule has 21 heavy (non-hydrogen) atoms. The third-order valence-electron chi connectivity index (χ3n) is 3.16. The normalized spacial score (nSPS) is 11.0. The number of rotatable bonds is 3. The van der Waals surface area contributed by atoms with E-state index in [1.165, 1.54) is 6.07 Å². The number of benzene rings is 1. The van der Waals surface area contributed by atoms with Crippen LogP contribution in [0, 0.1) is 0 Å². The van der Waals surface area contributed by atoms with Crippen molar-refractivity contribution in [3.8, 4) is 0 Å². The molecule has 0 N–H and O–H groups in total. The minimum Gasteiger partial charge on any atom is -0.339 e. The number of hydrogen-bond acceptors (Lipinski definition) is 3. The van der Waals surface area contributed by atoms with E-state index in [9.17, 15) is 9.59 Å². The molecule has 6 heteroatoms. The van der Waals surface area contributed by atoms with Crippen molar-refractivity contribution in [3.63, 3.8) is 0 Å². The summed E-state index contributed by atoms with van der Waals surface area (Å²) in [6, 6.07) is 10.2. The summed E-state index contributed by atoms with van der Waals surface area (Å²) in [7, 11) is 0. The Hall–Kier alpha value is -1.62. The van der Waals surface area contributed by atoms with Crippen molar-refractivity contribution in [1.29, 1.82) is 0 Å². The quantitative estimate of drug-likeness (QED) is 0.670. The fourth-order valence-electron chi connectivity index (χ4n) is 2.17. The van der Waals surface area contributed by atoms with Gasteiger partial charge in [-0.05, 0) is 18.2 Å². The van der Waals surface area contributed by atoms with E-state index in [4.69, 9.17) is 23.2 Å². The van der Waals surface area contributed by atoms with Gasteiger partial charge in [-0.25, -0.2) is 0 Å². The van der Waals surface area contributed by atoms with Gasteiger partial charge in [-0.15, -0.1) is 11.3 Å². The second-order valence-corrected chi connectivity index (χ2v) is 6.77. The molecule has 3 rings (SSSR count). The first kappa shape index (κ1) is 14.3. The number of carbonyl (C=O) groups excluding carboxylic acids is 1. The maximum Gasteiger partial charge on any atom is 0.189 e. The molecule has 1 aromatic carbocycles. The molecule has 2 aromatic heterocycles. The first-order chi connectivity index (χ1) is 10.1. The smallest absolute Gasteiger partial charge is 0.189 e. The number of thiophene rings is 1. The van der Waals surface area contributed by atoms with E-state index in [2.05, 4.69) is 0 Å². The average Bonchev–Trinajstić information content (AvgIpc) is 2.81. The number of fused-ring (bicyclic) bond motifs is 1. The van der Waals surface area contributed by atoms with E-state index in [0.717, 1.165) is 16.9 Å². The van der Waals surface area contributed by atoms with E-state index in [0.29, 0.717) is 19.6 Å². The number of carbonyl (C=O) groups is 1. The Morgan fingerprint density at radius 3 is 2.67 bits per heavy atom. The molecule has 3 aromatic rings. The summed E-state index contributed by atoms with van der Waals surface area (Å²) < 4.78 is 2.60. The Morgan fingerprint density at radius 2 is 1.95 bits per heavy atom. The Balaban J connectivity index is 2.03. The molecule has 0 aliphatic heterocycles. The van der Waals surface area contributed by atoms with Crippen LogP contribution in [0.15, 0.2) is 47.4 Å². The highest BCUT2D eigenvalue weighted by Gasteiger charge is 2.15. The maximum atomic E-state index is 12.3. The highest BCUT2D eigenvalue weighted by Crippen LogP contribution is 2.31. The average molecular weight is 338 g/mol. The number of nitrogens with zero attached hydrogens (tertiary/aromatic N) is 1. The fourth-order valence-corrected chi connectivity index (χ4v) is 3.67. The SMILES string of the molecule is O=C(Cn1ccc(=O)c2ccccc21)c1cc(Cl)sc1Cl. The molecule has 0 aliphatic carbocycles. The van der Waals surface area contributed by atoms with Crippen LogP contribution in [-0.4, -0.2) is 10.4 Å². The first-order valence-corrected chi connectivity index (χ1v) is 7.70. The minimum atomic E-state index is -0.142. The lowest BCUT2D eigenvalue weighted by molar-refractivity contribution is 0.0974. The lowest BCUT2D eigenvalue weighted by Crippen LogP contribution is -2.14. The van der Waals surface area contributed by atoms with Gasteiger partial charge in [0.05, 0.1) is 22.0 Å². The van der Waals surface area contributed by atoms with Crippen LogP contribution in [0.2, 0.25) is 8.67 Å². The molecule has 3 nitrogen and oxygen atoms in total. The third kappa shape index (κ3) is 2.75. The van der Waals surface area contributed by atoms with Crippen molar-refractivity contribution in [2.24, 2.45) is 0 Å². The van der Waals surface area contributed by atoms with E-state index >= 15 is 0 Å². The van der Waals surface area contributed by atoms with Crippen LogP contribution < -0.4 is 5.43 Å². The standard InChI is InChI=1S/C15H9Cl2NO2S/c16-14-7-10(15(17)21-14)13(20)8-18-6-5-12(19)9-3-1-2-4-11(9)18/h1-7H,8H2. The number of aromatic nitrogens is 1. The van der Waals surface area contributed by atoms with Crippen molar-refractivity contribution >= 4 is 51.2 Å². The monoisotopic (exact) mass is 337 g/mol. The van der Waals surface area contributed by atoms with E-state index in [-0.39, 0.29) is 17.8 Å². The van der Waals surface area contributed by atoms with E-state index in [1.54, 1.807) is 29.0 Å². The molecule has 2 heterocycles. The van der Waals surface area contributed by atoms with Crippen LogP contribution in [0.3, 0.4) is 0 Å².